The number of pyridine rings is 1. The molecule has 0 amide bonds. The molecule has 7 aromatic carbocycles. The lowest BCUT2D eigenvalue weighted by Gasteiger charge is -2.27. The first-order valence-electron chi connectivity index (χ1n) is 21.1. The molecule has 0 spiro atoms. The number of hydrogen-bond donors (Lipinski definition) is 0. The fourth-order valence-corrected chi connectivity index (χ4v) is 9.65. The first-order chi connectivity index (χ1) is 29.5. The van der Waals surface area contributed by atoms with Crippen LogP contribution in [0.1, 0.15) is 52.7 Å². The summed E-state index contributed by atoms with van der Waals surface area (Å²) in [5, 5.41) is 0. The van der Waals surface area contributed by atoms with Crippen molar-refractivity contribution in [1.82, 2.24) is 9.55 Å². The highest BCUT2D eigenvalue weighted by Gasteiger charge is 2.29. The van der Waals surface area contributed by atoms with E-state index in [2.05, 4.69) is 232 Å². The first-order valence-corrected chi connectivity index (χ1v) is 21.9. The van der Waals surface area contributed by atoms with Crippen molar-refractivity contribution >= 4 is 40.0 Å². The van der Waals surface area contributed by atoms with E-state index in [1.54, 1.807) is 11.8 Å². The van der Waals surface area contributed by atoms with Gasteiger partial charge in [-0.15, -0.1) is 0 Å². The van der Waals surface area contributed by atoms with Crippen molar-refractivity contribution in [2.24, 2.45) is 0 Å². The molecular weight excluding hydrogens is 761 g/mol. The zero-order chi connectivity index (χ0) is 41.9. The lowest BCUT2D eigenvalue weighted by molar-refractivity contribution is -0.568. The Labute approximate surface area is 363 Å². The SMILES string of the molecule is CC(C)(C)c1ccc(-c2ccc3c(c2)N(c2ccccn2)c2cc(Sc4cccc(-n5c[n+](-c6ccccc6C(C)(C)C)c6ccccc65)c4)ccc2-c2ccccc2-3)cc1. The average molecular weight is 810 g/mol. The fourth-order valence-electron chi connectivity index (χ4n) is 8.75. The van der Waals surface area contributed by atoms with Crippen molar-refractivity contribution in [3.05, 3.63) is 200 Å². The van der Waals surface area contributed by atoms with Gasteiger partial charge in [-0.1, -0.05) is 162 Å². The van der Waals surface area contributed by atoms with Crippen molar-refractivity contribution in [2.75, 3.05) is 4.90 Å². The molecule has 0 saturated carbocycles. The predicted octanol–water partition coefficient (Wildman–Crippen LogP) is 14.8. The lowest BCUT2D eigenvalue weighted by atomic mass is 9.86. The summed E-state index contributed by atoms with van der Waals surface area (Å²) in [5.41, 5.74) is 16.7. The van der Waals surface area contributed by atoms with E-state index in [-0.39, 0.29) is 10.8 Å². The Hall–Kier alpha value is -6.69. The first kappa shape index (κ1) is 38.5. The molecular formula is C56H49N4S+. The largest absolute Gasteiger partial charge is 0.294 e. The fraction of sp³-hybridized carbons (Fsp3) is 0.143. The van der Waals surface area contributed by atoms with Crippen molar-refractivity contribution in [3.63, 3.8) is 0 Å². The highest BCUT2D eigenvalue weighted by Crippen LogP contribution is 2.52. The van der Waals surface area contributed by atoms with Crippen LogP contribution in [0.25, 0.3) is 55.8 Å². The van der Waals surface area contributed by atoms with Gasteiger partial charge in [-0.25, -0.2) is 4.98 Å². The van der Waals surface area contributed by atoms with Crippen LogP contribution in [0.15, 0.2) is 198 Å². The third-order valence-corrected chi connectivity index (χ3v) is 12.8. The third-order valence-electron chi connectivity index (χ3n) is 11.9. The minimum absolute atomic E-state index is 0.00574. The molecule has 0 N–H and O–H groups in total. The van der Waals surface area contributed by atoms with Crippen molar-refractivity contribution < 1.29 is 4.57 Å². The van der Waals surface area contributed by atoms with E-state index in [4.69, 9.17) is 4.98 Å². The summed E-state index contributed by atoms with van der Waals surface area (Å²) in [5.74, 6) is 0.878. The Morgan fingerprint density at radius 3 is 1.90 bits per heavy atom. The predicted molar refractivity (Wildman–Crippen MR) is 255 cm³/mol. The Morgan fingerprint density at radius 1 is 0.508 bits per heavy atom. The number of aromatic nitrogens is 3. The number of para-hydroxylation sites is 3. The normalized spacial score (nSPS) is 12.5. The molecule has 0 fully saturated rings. The molecule has 5 heteroatoms. The average Bonchev–Trinajstić information content (AvgIpc) is 3.61. The van der Waals surface area contributed by atoms with Crippen LogP contribution in [0, 0.1) is 0 Å². The van der Waals surface area contributed by atoms with Crippen LogP contribution >= 0.6 is 11.8 Å². The maximum Gasteiger partial charge on any atom is 0.255 e. The molecule has 10 rings (SSSR count). The number of benzene rings is 7. The minimum Gasteiger partial charge on any atom is -0.294 e. The second-order valence-electron chi connectivity index (χ2n) is 18.0. The van der Waals surface area contributed by atoms with E-state index in [1.807, 2.05) is 12.3 Å². The van der Waals surface area contributed by atoms with Gasteiger partial charge in [-0.3, -0.25) is 4.90 Å². The molecule has 3 heterocycles. The number of hydrogen-bond acceptors (Lipinski definition) is 3. The summed E-state index contributed by atoms with van der Waals surface area (Å²) in [6.45, 7) is 13.6. The highest BCUT2D eigenvalue weighted by molar-refractivity contribution is 7.99. The monoisotopic (exact) mass is 809 g/mol. The van der Waals surface area contributed by atoms with E-state index < -0.39 is 0 Å². The highest BCUT2D eigenvalue weighted by atomic mass is 32.2. The zero-order valence-corrected chi connectivity index (χ0v) is 36.4. The summed E-state index contributed by atoms with van der Waals surface area (Å²) >= 11 is 1.79. The molecule has 9 aromatic rings. The van der Waals surface area contributed by atoms with E-state index in [9.17, 15) is 0 Å². The second-order valence-corrected chi connectivity index (χ2v) is 19.2. The summed E-state index contributed by atoms with van der Waals surface area (Å²) in [6, 6.07) is 64.2. The smallest absolute Gasteiger partial charge is 0.255 e. The van der Waals surface area contributed by atoms with Crippen molar-refractivity contribution in [2.45, 2.75) is 62.2 Å². The van der Waals surface area contributed by atoms with Gasteiger partial charge in [-0.2, -0.15) is 9.13 Å². The van der Waals surface area contributed by atoms with Crippen molar-refractivity contribution in [3.8, 4) is 44.8 Å². The van der Waals surface area contributed by atoms with Gasteiger partial charge in [0.25, 0.3) is 6.33 Å². The van der Waals surface area contributed by atoms with Crippen LogP contribution in [0.2, 0.25) is 0 Å². The molecule has 298 valence electrons. The molecule has 1 aliphatic rings. The molecule has 2 aromatic heterocycles. The lowest BCUT2D eigenvalue weighted by Crippen LogP contribution is -2.33. The van der Waals surface area contributed by atoms with E-state index in [0.29, 0.717) is 0 Å². The van der Waals surface area contributed by atoms with Gasteiger partial charge in [0.1, 0.15) is 17.2 Å². The minimum atomic E-state index is -0.00574. The molecule has 0 aliphatic carbocycles. The van der Waals surface area contributed by atoms with Gasteiger partial charge in [-0.05, 0) is 105 Å². The number of rotatable bonds is 6. The summed E-state index contributed by atoms with van der Waals surface area (Å²) in [6.07, 6.45) is 4.14. The molecule has 4 nitrogen and oxygen atoms in total. The van der Waals surface area contributed by atoms with Crippen molar-refractivity contribution in [1.29, 1.82) is 0 Å². The quantitative estimate of drug-likeness (QED) is 0.156. The van der Waals surface area contributed by atoms with Gasteiger partial charge < -0.3 is 0 Å². The number of fused-ring (bicyclic) bond motifs is 6. The molecule has 61 heavy (non-hydrogen) atoms. The summed E-state index contributed by atoms with van der Waals surface area (Å²) in [4.78, 5) is 9.66. The molecule has 1 aliphatic heterocycles. The van der Waals surface area contributed by atoms with Crippen LogP contribution in [0.5, 0.6) is 0 Å². The van der Waals surface area contributed by atoms with Crippen LogP contribution in [-0.2, 0) is 10.8 Å². The van der Waals surface area contributed by atoms with Gasteiger partial charge in [0.15, 0.2) is 11.0 Å². The van der Waals surface area contributed by atoms with Gasteiger partial charge in [0, 0.05) is 32.7 Å². The Bertz CT molecular complexity index is 3080. The molecule has 0 bridgehead atoms. The maximum atomic E-state index is 4.99. The molecule has 0 radical (unpaired) electrons. The third kappa shape index (κ3) is 7.13. The zero-order valence-electron chi connectivity index (χ0n) is 35.6. The van der Waals surface area contributed by atoms with Crippen LogP contribution in [0.3, 0.4) is 0 Å². The standard InChI is InChI=1S/C56H49N4S/c1-55(2,3)40-28-25-38(26-29-40)39-27-31-46-44-18-7-8-19-45(44)47-32-30-43(36-53(47)60(52(46)34-39)54-24-13-14-33-57-54)61-42-17-15-16-41(35-42)58-37-59(51-23-12-11-22-50(51)58)49-21-10-9-20-48(49)56(4,5)6/h7-37H,1-6H3/q+1. The van der Waals surface area contributed by atoms with Crippen LogP contribution in [0.4, 0.5) is 17.2 Å². The van der Waals surface area contributed by atoms with Gasteiger partial charge in [0.05, 0.1) is 11.4 Å². The number of nitrogens with zero attached hydrogens (tertiary/aromatic N) is 4. The number of imidazole rings is 1. The summed E-state index contributed by atoms with van der Waals surface area (Å²) < 4.78 is 4.66. The molecule has 0 saturated heterocycles. The van der Waals surface area contributed by atoms with E-state index >= 15 is 0 Å². The Kier molecular flexibility index (Phi) is 9.53. The number of anilines is 3. The molecule has 0 atom stereocenters. The topological polar surface area (TPSA) is 24.9 Å². The van der Waals surface area contributed by atoms with Gasteiger partial charge >= 0.3 is 0 Å². The Balaban J connectivity index is 1.08. The van der Waals surface area contributed by atoms with Gasteiger partial charge in [0.2, 0.25) is 0 Å². The van der Waals surface area contributed by atoms with Crippen LogP contribution < -0.4 is 9.47 Å². The summed E-state index contributed by atoms with van der Waals surface area (Å²) in [7, 11) is 0. The Morgan fingerprint density at radius 2 is 1.16 bits per heavy atom. The van der Waals surface area contributed by atoms with E-state index in [0.717, 1.165) is 38.2 Å². The van der Waals surface area contributed by atoms with Crippen LogP contribution in [-0.4, -0.2) is 9.55 Å². The molecule has 0 unspecified atom stereocenters. The van der Waals surface area contributed by atoms with E-state index in [1.165, 1.54) is 55.7 Å². The second kappa shape index (κ2) is 15.1. The maximum absolute atomic E-state index is 4.99.